The van der Waals surface area contributed by atoms with Crippen LogP contribution in [0.3, 0.4) is 0 Å². The standard InChI is InChI=1S/C18H19N2O5P/c21-14(10-26(24)11-4-2-1-3-5-11)19-8-9-20-17(22)15-12-6-7-13(25-12)16(15)18(20)23/h1-7,12-13,15-16,26H,8-10H2,(H,19,21). The maximum atomic E-state index is 12.5. The Kier molecular flexibility index (Phi) is 4.51. The second kappa shape index (κ2) is 6.82. The number of benzene rings is 1. The zero-order valence-corrected chi connectivity index (χ0v) is 15.0. The molecule has 0 aromatic heterocycles. The van der Waals surface area contributed by atoms with Crippen LogP contribution in [0.5, 0.6) is 0 Å². The Morgan fingerprint density at radius 3 is 2.31 bits per heavy atom. The lowest BCUT2D eigenvalue weighted by atomic mass is 9.85. The number of imide groups is 1. The lowest BCUT2D eigenvalue weighted by molar-refractivity contribution is -0.142. The fourth-order valence-corrected chi connectivity index (χ4v) is 5.01. The lowest BCUT2D eigenvalue weighted by Gasteiger charge is -2.17. The van der Waals surface area contributed by atoms with Gasteiger partial charge in [0.05, 0.1) is 30.2 Å². The summed E-state index contributed by atoms with van der Waals surface area (Å²) in [6.07, 6.45) is 2.98. The first-order chi connectivity index (χ1) is 12.6. The zero-order valence-electron chi connectivity index (χ0n) is 14.0. The van der Waals surface area contributed by atoms with Gasteiger partial charge in [0.1, 0.15) is 7.80 Å². The number of carbonyl (C=O) groups excluding carboxylic acids is 3. The van der Waals surface area contributed by atoms with E-state index in [2.05, 4.69) is 5.32 Å². The molecule has 0 saturated carbocycles. The van der Waals surface area contributed by atoms with E-state index in [0.717, 1.165) is 0 Å². The van der Waals surface area contributed by atoms with E-state index in [1.807, 2.05) is 18.2 Å². The highest BCUT2D eigenvalue weighted by atomic mass is 31.1. The molecule has 1 N–H and O–H groups in total. The largest absolute Gasteiger partial charge is 0.365 e. The van der Waals surface area contributed by atoms with Crippen LogP contribution in [-0.2, 0) is 23.7 Å². The molecule has 2 fully saturated rings. The van der Waals surface area contributed by atoms with Crippen LogP contribution in [0, 0.1) is 11.8 Å². The molecular weight excluding hydrogens is 355 g/mol. The van der Waals surface area contributed by atoms with Crippen molar-refractivity contribution in [1.29, 1.82) is 0 Å². The first-order valence-corrected chi connectivity index (χ1v) is 10.2. The van der Waals surface area contributed by atoms with Gasteiger partial charge < -0.3 is 14.6 Å². The number of hydrogen-bond acceptors (Lipinski definition) is 5. The van der Waals surface area contributed by atoms with Crippen molar-refractivity contribution in [3.63, 3.8) is 0 Å². The number of nitrogens with zero attached hydrogens (tertiary/aromatic N) is 1. The number of rotatable bonds is 6. The van der Waals surface area contributed by atoms with Gasteiger partial charge in [0.25, 0.3) is 0 Å². The minimum absolute atomic E-state index is 0.0796. The quantitative estimate of drug-likeness (QED) is 0.427. The molecular formula is C18H19N2O5P. The zero-order chi connectivity index (χ0) is 18.3. The third-order valence-corrected chi connectivity index (χ3v) is 6.70. The second-order valence-electron chi connectivity index (χ2n) is 6.65. The van der Waals surface area contributed by atoms with Crippen LogP contribution >= 0.6 is 7.80 Å². The molecule has 5 unspecified atom stereocenters. The summed E-state index contributed by atoms with van der Waals surface area (Å²) in [5.41, 5.74) is 0. The molecule has 5 atom stereocenters. The van der Waals surface area contributed by atoms with Crippen molar-refractivity contribution >= 4 is 30.8 Å². The normalized spacial score (nSPS) is 29.9. The molecule has 26 heavy (non-hydrogen) atoms. The molecule has 3 aliphatic rings. The van der Waals surface area contributed by atoms with Crippen molar-refractivity contribution in [2.75, 3.05) is 19.3 Å². The van der Waals surface area contributed by atoms with Crippen molar-refractivity contribution in [2.24, 2.45) is 11.8 Å². The molecule has 7 nitrogen and oxygen atoms in total. The third-order valence-electron chi connectivity index (χ3n) is 5.08. The maximum absolute atomic E-state index is 12.5. The van der Waals surface area contributed by atoms with Crippen LogP contribution < -0.4 is 10.6 Å². The van der Waals surface area contributed by atoms with Crippen LogP contribution in [0.4, 0.5) is 0 Å². The number of ether oxygens (including phenoxy) is 1. The van der Waals surface area contributed by atoms with Crippen molar-refractivity contribution in [1.82, 2.24) is 10.2 Å². The Hall–Kier alpha value is -2.24. The van der Waals surface area contributed by atoms with Gasteiger partial charge in [-0.1, -0.05) is 42.5 Å². The molecule has 4 rings (SSSR count). The number of hydrogen-bond donors (Lipinski definition) is 1. The topological polar surface area (TPSA) is 92.8 Å². The number of amides is 3. The van der Waals surface area contributed by atoms with E-state index in [1.165, 1.54) is 4.90 Å². The average molecular weight is 374 g/mol. The molecule has 2 saturated heterocycles. The van der Waals surface area contributed by atoms with Crippen molar-refractivity contribution in [2.45, 2.75) is 12.2 Å². The summed E-state index contributed by atoms with van der Waals surface area (Å²) >= 11 is 0. The first-order valence-electron chi connectivity index (χ1n) is 8.60. The smallest absolute Gasteiger partial charge is 0.236 e. The summed E-state index contributed by atoms with van der Waals surface area (Å²) in [6, 6.07) is 8.86. The first kappa shape index (κ1) is 17.2. The molecule has 0 spiro atoms. The fraction of sp³-hybridized carbons (Fsp3) is 0.389. The number of fused-ring (bicyclic) bond motifs is 5. The van der Waals surface area contributed by atoms with Crippen LogP contribution in [0.2, 0.25) is 0 Å². The molecule has 1 aromatic rings. The average Bonchev–Trinajstić information content (AvgIpc) is 3.32. The second-order valence-corrected chi connectivity index (χ2v) is 8.42. The van der Waals surface area contributed by atoms with E-state index in [9.17, 15) is 18.9 Å². The highest BCUT2D eigenvalue weighted by Gasteiger charge is 2.60. The van der Waals surface area contributed by atoms with Gasteiger partial charge >= 0.3 is 0 Å². The van der Waals surface area contributed by atoms with E-state index >= 15 is 0 Å². The monoisotopic (exact) mass is 374 g/mol. The number of nitrogens with one attached hydrogen (secondary N) is 1. The SMILES string of the molecule is O=C(C[PH](=O)c1ccccc1)NCCN1C(=O)C2C3C=CC(O3)C2C1=O. The minimum atomic E-state index is -2.19. The molecule has 8 heteroatoms. The van der Waals surface area contributed by atoms with Crippen molar-refractivity contribution in [3.8, 4) is 0 Å². The molecule has 0 aliphatic carbocycles. The predicted molar refractivity (Wildman–Crippen MR) is 94.5 cm³/mol. The highest BCUT2D eigenvalue weighted by molar-refractivity contribution is 7.54. The number of carbonyl (C=O) groups is 3. The summed E-state index contributed by atoms with van der Waals surface area (Å²) in [7, 11) is -2.19. The minimum Gasteiger partial charge on any atom is -0.365 e. The molecule has 3 aliphatic heterocycles. The van der Waals surface area contributed by atoms with Crippen molar-refractivity contribution < 1.29 is 23.7 Å². The molecule has 136 valence electrons. The van der Waals surface area contributed by atoms with Crippen LogP contribution in [0.1, 0.15) is 0 Å². The van der Waals surface area contributed by atoms with E-state index in [1.54, 1.807) is 24.3 Å². The van der Waals surface area contributed by atoms with Gasteiger partial charge in [-0.2, -0.15) is 0 Å². The van der Waals surface area contributed by atoms with Gasteiger partial charge in [-0.3, -0.25) is 19.3 Å². The van der Waals surface area contributed by atoms with E-state index in [4.69, 9.17) is 4.74 Å². The van der Waals surface area contributed by atoms with Crippen LogP contribution in [0.15, 0.2) is 42.5 Å². The van der Waals surface area contributed by atoms with Crippen molar-refractivity contribution in [3.05, 3.63) is 42.5 Å². The van der Waals surface area contributed by atoms with E-state index < -0.39 is 19.6 Å². The summed E-state index contributed by atoms with van der Waals surface area (Å²) in [6.45, 7) is 0.283. The molecule has 2 bridgehead atoms. The summed E-state index contributed by atoms with van der Waals surface area (Å²) < 4.78 is 17.8. The Morgan fingerprint density at radius 2 is 1.69 bits per heavy atom. The Bertz CT molecular complexity index is 779. The maximum Gasteiger partial charge on any atom is 0.236 e. The molecule has 1 aromatic carbocycles. The van der Waals surface area contributed by atoms with Gasteiger partial charge in [-0.15, -0.1) is 0 Å². The number of likely N-dealkylation sites (tertiary alicyclic amines) is 1. The lowest BCUT2D eigenvalue weighted by Crippen LogP contribution is -2.40. The van der Waals surface area contributed by atoms with Crippen LogP contribution in [-0.4, -0.2) is 54.1 Å². The van der Waals surface area contributed by atoms with E-state index in [-0.39, 0.29) is 49.2 Å². The van der Waals surface area contributed by atoms with Gasteiger partial charge in [0, 0.05) is 18.4 Å². The summed E-state index contributed by atoms with van der Waals surface area (Å²) in [4.78, 5) is 38.1. The fourth-order valence-electron chi connectivity index (χ4n) is 3.83. The van der Waals surface area contributed by atoms with Gasteiger partial charge in [0.2, 0.25) is 17.7 Å². The molecule has 0 radical (unpaired) electrons. The molecule has 3 heterocycles. The highest BCUT2D eigenvalue weighted by Crippen LogP contribution is 2.44. The Labute approximate surface area is 151 Å². The van der Waals surface area contributed by atoms with Gasteiger partial charge in [-0.05, 0) is 0 Å². The Balaban J connectivity index is 1.27. The predicted octanol–water partition coefficient (Wildman–Crippen LogP) is -0.0738. The van der Waals surface area contributed by atoms with Gasteiger partial charge in [-0.25, -0.2) is 0 Å². The summed E-state index contributed by atoms with van der Waals surface area (Å²) in [5.74, 6) is -1.67. The third kappa shape index (κ3) is 2.91. The molecule has 3 amide bonds. The van der Waals surface area contributed by atoms with E-state index in [0.29, 0.717) is 5.30 Å². The van der Waals surface area contributed by atoms with Gasteiger partial charge in [0.15, 0.2) is 0 Å². The Morgan fingerprint density at radius 1 is 1.08 bits per heavy atom. The van der Waals surface area contributed by atoms with Crippen LogP contribution in [0.25, 0.3) is 0 Å². The summed E-state index contributed by atoms with van der Waals surface area (Å²) in [5, 5.41) is 3.31.